The van der Waals surface area contributed by atoms with Gasteiger partial charge in [-0.2, -0.15) is 0 Å². The number of halogens is 1. The number of rotatable bonds is 6. The summed E-state index contributed by atoms with van der Waals surface area (Å²) in [4.78, 5) is 7.94. The summed E-state index contributed by atoms with van der Waals surface area (Å²) in [5, 5.41) is 1.30. The van der Waals surface area contributed by atoms with Gasteiger partial charge in [0.05, 0.1) is 7.11 Å². The zero-order valence-corrected chi connectivity index (χ0v) is 15.9. The van der Waals surface area contributed by atoms with Crippen molar-refractivity contribution in [2.75, 3.05) is 26.7 Å². The Morgan fingerprint density at radius 3 is 2.85 bits per heavy atom. The quantitative estimate of drug-likeness (QED) is 0.631. The van der Waals surface area contributed by atoms with Gasteiger partial charge in [-0.05, 0) is 29.5 Å². The summed E-state index contributed by atoms with van der Waals surface area (Å²) in [6, 6.07) is 12.6. The van der Waals surface area contributed by atoms with Crippen molar-refractivity contribution in [3.63, 3.8) is 0 Å². The lowest BCUT2D eigenvalue weighted by molar-refractivity contribution is 0.0672. The van der Waals surface area contributed by atoms with E-state index in [0.717, 1.165) is 18.5 Å². The van der Waals surface area contributed by atoms with E-state index in [1.54, 1.807) is 13.3 Å². The van der Waals surface area contributed by atoms with Gasteiger partial charge < -0.3 is 4.74 Å². The van der Waals surface area contributed by atoms with E-state index in [1.807, 2.05) is 17.4 Å². The zero-order chi connectivity index (χ0) is 18.1. The van der Waals surface area contributed by atoms with E-state index in [2.05, 4.69) is 47.1 Å². The molecule has 136 valence electrons. The third kappa shape index (κ3) is 3.21. The van der Waals surface area contributed by atoms with E-state index < -0.39 is 6.17 Å². The Morgan fingerprint density at radius 2 is 2.08 bits per heavy atom. The Balaban J connectivity index is 1.70. The smallest absolute Gasteiger partial charge is 0.216 e. The van der Waals surface area contributed by atoms with Crippen LogP contribution in [0.15, 0.2) is 42.6 Å². The second-order valence-corrected chi connectivity index (χ2v) is 8.00. The Labute approximate surface area is 157 Å². The van der Waals surface area contributed by atoms with Crippen LogP contribution in [0, 0.1) is 0 Å². The number of hydrogen-bond donors (Lipinski definition) is 0. The van der Waals surface area contributed by atoms with Gasteiger partial charge in [0, 0.05) is 46.9 Å². The fourth-order valence-electron chi connectivity index (χ4n) is 3.78. The first-order chi connectivity index (χ1) is 12.7. The van der Waals surface area contributed by atoms with Crippen LogP contribution in [0.25, 0.3) is 10.1 Å². The molecule has 0 bridgehead atoms. The standard InChI is InChI=1S/C21H23FN2OS/c1-14(16-7-5-10-23-21(16)25-2)20-17-6-3-4-8-18(17)26-19(20)9-11-24-12-15(22)13-24/h3-8,10,14-15H,9,11-13H2,1-2H3. The van der Waals surface area contributed by atoms with Gasteiger partial charge in [0.1, 0.15) is 6.17 Å². The number of likely N-dealkylation sites (tertiary alicyclic amines) is 1. The number of benzene rings is 1. The average Bonchev–Trinajstić information content (AvgIpc) is 3.02. The normalized spacial score (nSPS) is 16.6. The van der Waals surface area contributed by atoms with Crippen LogP contribution < -0.4 is 4.74 Å². The van der Waals surface area contributed by atoms with Crippen LogP contribution in [0.2, 0.25) is 0 Å². The maximum absolute atomic E-state index is 13.1. The Kier molecular flexibility index (Phi) is 4.92. The fourth-order valence-corrected chi connectivity index (χ4v) is 5.07. The molecule has 1 atom stereocenters. The molecule has 3 aromatic rings. The molecule has 0 aliphatic carbocycles. The van der Waals surface area contributed by atoms with Crippen molar-refractivity contribution in [3.05, 3.63) is 58.6 Å². The number of alkyl halides is 1. The van der Waals surface area contributed by atoms with Crippen LogP contribution in [0.5, 0.6) is 5.88 Å². The minimum atomic E-state index is -0.643. The minimum absolute atomic E-state index is 0.190. The van der Waals surface area contributed by atoms with Crippen LogP contribution >= 0.6 is 11.3 Å². The molecule has 0 radical (unpaired) electrons. The van der Waals surface area contributed by atoms with E-state index in [-0.39, 0.29) is 5.92 Å². The molecule has 1 aliphatic rings. The molecule has 26 heavy (non-hydrogen) atoms. The molecular formula is C21H23FN2OS. The summed E-state index contributed by atoms with van der Waals surface area (Å²) < 4.78 is 19.9. The average molecular weight is 370 g/mol. The molecule has 1 aromatic carbocycles. The lowest BCUT2D eigenvalue weighted by Gasteiger charge is -2.34. The minimum Gasteiger partial charge on any atom is -0.481 e. The number of nitrogens with zero attached hydrogens (tertiary/aromatic N) is 2. The predicted octanol–water partition coefficient (Wildman–Crippen LogP) is 4.65. The Bertz CT molecular complexity index is 904. The molecule has 3 heterocycles. The summed E-state index contributed by atoms with van der Waals surface area (Å²) in [7, 11) is 1.67. The van der Waals surface area contributed by atoms with Crippen molar-refractivity contribution in [1.29, 1.82) is 0 Å². The zero-order valence-electron chi connectivity index (χ0n) is 15.1. The van der Waals surface area contributed by atoms with Crippen LogP contribution in [-0.4, -0.2) is 42.8 Å². The van der Waals surface area contributed by atoms with Gasteiger partial charge in [0.15, 0.2) is 0 Å². The largest absolute Gasteiger partial charge is 0.481 e. The first-order valence-electron chi connectivity index (χ1n) is 9.03. The van der Waals surface area contributed by atoms with Gasteiger partial charge in [-0.25, -0.2) is 9.37 Å². The van der Waals surface area contributed by atoms with Crippen molar-refractivity contribution >= 4 is 21.4 Å². The molecule has 0 N–H and O–H groups in total. The highest BCUT2D eigenvalue weighted by molar-refractivity contribution is 7.19. The molecule has 0 saturated carbocycles. The van der Waals surface area contributed by atoms with Crippen molar-refractivity contribution in [2.24, 2.45) is 0 Å². The van der Waals surface area contributed by atoms with Crippen LogP contribution in [0.3, 0.4) is 0 Å². The first kappa shape index (κ1) is 17.4. The molecule has 1 saturated heterocycles. The molecule has 1 aliphatic heterocycles. The topological polar surface area (TPSA) is 25.4 Å². The van der Waals surface area contributed by atoms with Gasteiger partial charge in [-0.15, -0.1) is 11.3 Å². The molecule has 1 fully saturated rings. The summed E-state index contributed by atoms with van der Waals surface area (Å²) in [5.41, 5.74) is 2.46. The first-order valence-corrected chi connectivity index (χ1v) is 9.84. The van der Waals surface area contributed by atoms with Crippen LogP contribution in [-0.2, 0) is 6.42 Å². The molecule has 2 aromatic heterocycles. The summed E-state index contributed by atoms with van der Waals surface area (Å²) in [5.74, 6) is 0.874. The van der Waals surface area contributed by atoms with Crippen molar-refractivity contribution < 1.29 is 9.13 Å². The summed E-state index contributed by atoms with van der Waals surface area (Å²) >= 11 is 1.86. The van der Waals surface area contributed by atoms with Gasteiger partial charge in [-0.3, -0.25) is 4.90 Å². The lowest BCUT2D eigenvalue weighted by Crippen LogP contribution is -2.48. The van der Waals surface area contributed by atoms with E-state index in [9.17, 15) is 4.39 Å². The fraction of sp³-hybridized carbons (Fsp3) is 0.381. The maximum atomic E-state index is 13.1. The van der Waals surface area contributed by atoms with Gasteiger partial charge in [0.25, 0.3) is 0 Å². The van der Waals surface area contributed by atoms with Crippen LogP contribution in [0.1, 0.15) is 28.8 Å². The number of thiophene rings is 1. The number of methoxy groups -OCH3 is 1. The summed E-state index contributed by atoms with van der Waals surface area (Å²) in [6.07, 6.45) is 2.07. The van der Waals surface area contributed by atoms with Crippen molar-refractivity contribution in [3.8, 4) is 5.88 Å². The number of ether oxygens (including phenoxy) is 1. The number of aromatic nitrogens is 1. The predicted molar refractivity (Wildman–Crippen MR) is 105 cm³/mol. The van der Waals surface area contributed by atoms with E-state index in [4.69, 9.17) is 4.74 Å². The lowest BCUT2D eigenvalue weighted by atomic mass is 9.90. The molecule has 0 spiro atoms. The number of fused-ring (bicyclic) bond motifs is 1. The molecule has 0 amide bonds. The van der Waals surface area contributed by atoms with E-state index >= 15 is 0 Å². The monoisotopic (exact) mass is 370 g/mol. The highest BCUT2D eigenvalue weighted by Gasteiger charge is 2.27. The molecule has 3 nitrogen and oxygen atoms in total. The SMILES string of the molecule is COc1ncccc1C(C)c1c(CCN2CC(F)C2)sc2ccccc12. The Hall–Kier alpha value is -1.98. The van der Waals surface area contributed by atoms with Crippen LogP contribution in [0.4, 0.5) is 4.39 Å². The maximum Gasteiger partial charge on any atom is 0.216 e. The van der Waals surface area contributed by atoms with E-state index in [1.165, 1.54) is 20.5 Å². The van der Waals surface area contributed by atoms with Crippen molar-refractivity contribution in [1.82, 2.24) is 9.88 Å². The third-order valence-electron chi connectivity index (χ3n) is 5.17. The van der Waals surface area contributed by atoms with Crippen molar-refractivity contribution in [2.45, 2.75) is 25.4 Å². The third-order valence-corrected chi connectivity index (χ3v) is 6.42. The molecular weight excluding hydrogens is 347 g/mol. The highest BCUT2D eigenvalue weighted by Crippen LogP contribution is 2.41. The number of hydrogen-bond acceptors (Lipinski definition) is 4. The molecule has 5 heteroatoms. The van der Waals surface area contributed by atoms with Gasteiger partial charge >= 0.3 is 0 Å². The second-order valence-electron chi connectivity index (χ2n) is 6.87. The Morgan fingerprint density at radius 1 is 1.27 bits per heavy atom. The van der Waals surface area contributed by atoms with Gasteiger partial charge in [0.2, 0.25) is 5.88 Å². The number of pyridine rings is 1. The van der Waals surface area contributed by atoms with E-state index in [0.29, 0.717) is 19.0 Å². The van der Waals surface area contributed by atoms with Gasteiger partial charge in [-0.1, -0.05) is 31.2 Å². The molecule has 4 rings (SSSR count). The highest BCUT2D eigenvalue weighted by atomic mass is 32.1. The molecule has 1 unspecified atom stereocenters. The second kappa shape index (κ2) is 7.33. The summed E-state index contributed by atoms with van der Waals surface area (Å²) in [6.45, 7) is 4.29.